The van der Waals surface area contributed by atoms with Gasteiger partial charge in [0.2, 0.25) is 0 Å². The minimum absolute atomic E-state index is 0.163. The molecule has 0 amide bonds. The van der Waals surface area contributed by atoms with Crippen molar-refractivity contribution in [2.75, 3.05) is 5.32 Å². The minimum atomic E-state index is -0.967. The van der Waals surface area contributed by atoms with Crippen LogP contribution in [0, 0.1) is 6.92 Å². The maximum Gasteiger partial charge on any atom is 0.311 e. The number of phenolic OH excluding ortho intramolecular Hbond substituents is 1. The van der Waals surface area contributed by atoms with Crippen molar-refractivity contribution in [2.24, 2.45) is 0 Å². The number of nitrogens with one attached hydrogen (secondary N) is 1. The molecule has 0 spiro atoms. The van der Waals surface area contributed by atoms with Crippen LogP contribution in [-0.2, 0) is 11.2 Å². The molecule has 0 bridgehead atoms. The standard InChI is InChI=1S/C12H12N2O4/c1-7-10(6-11(16)17)18-12(13-7)14-8-2-4-9(15)5-3-8/h2-5,15H,6H2,1H3,(H,13,14)(H,16,17). The molecule has 0 unspecified atom stereocenters. The Balaban J connectivity index is 2.14. The fraction of sp³-hybridized carbons (Fsp3) is 0.167. The molecule has 0 atom stereocenters. The average Bonchev–Trinajstić information content (AvgIpc) is 2.62. The molecule has 0 fully saturated rings. The number of aryl methyl sites for hydroxylation is 1. The number of nitrogens with zero attached hydrogens (tertiary/aromatic N) is 1. The van der Waals surface area contributed by atoms with Crippen LogP contribution >= 0.6 is 0 Å². The first-order valence-electron chi connectivity index (χ1n) is 5.29. The average molecular weight is 248 g/mol. The van der Waals surface area contributed by atoms with Gasteiger partial charge in [0.15, 0.2) is 0 Å². The van der Waals surface area contributed by atoms with Crippen LogP contribution in [0.15, 0.2) is 28.7 Å². The van der Waals surface area contributed by atoms with E-state index in [1.807, 2.05) is 0 Å². The van der Waals surface area contributed by atoms with Gasteiger partial charge in [-0.05, 0) is 31.2 Å². The number of benzene rings is 1. The lowest BCUT2D eigenvalue weighted by molar-refractivity contribution is -0.136. The minimum Gasteiger partial charge on any atom is -0.508 e. The van der Waals surface area contributed by atoms with Gasteiger partial charge in [0.25, 0.3) is 6.01 Å². The molecule has 2 aromatic rings. The Morgan fingerprint density at radius 1 is 1.39 bits per heavy atom. The number of hydrogen-bond acceptors (Lipinski definition) is 5. The highest BCUT2D eigenvalue weighted by Gasteiger charge is 2.12. The van der Waals surface area contributed by atoms with Crippen LogP contribution in [0.4, 0.5) is 11.7 Å². The number of oxazole rings is 1. The van der Waals surface area contributed by atoms with E-state index >= 15 is 0 Å². The van der Waals surface area contributed by atoms with Crippen molar-refractivity contribution in [2.45, 2.75) is 13.3 Å². The number of phenols is 1. The molecule has 0 saturated heterocycles. The first-order valence-corrected chi connectivity index (χ1v) is 5.29. The van der Waals surface area contributed by atoms with Crippen LogP contribution in [0.25, 0.3) is 0 Å². The van der Waals surface area contributed by atoms with Gasteiger partial charge in [0.1, 0.15) is 17.9 Å². The monoisotopic (exact) mass is 248 g/mol. The zero-order chi connectivity index (χ0) is 13.1. The number of aliphatic carboxylic acids is 1. The van der Waals surface area contributed by atoms with Gasteiger partial charge in [-0.15, -0.1) is 0 Å². The van der Waals surface area contributed by atoms with E-state index in [1.54, 1.807) is 19.1 Å². The van der Waals surface area contributed by atoms with E-state index in [2.05, 4.69) is 10.3 Å². The first kappa shape index (κ1) is 12.0. The number of aromatic nitrogens is 1. The SMILES string of the molecule is Cc1nc(Nc2ccc(O)cc2)oc1CC(=O)O. The highest BCUT2D eigenvalue weighted by molar-refractivity contribution is 5.69. The number of anilines is 2. The van der Waals surface area contributed by atoms with E-state index in [1.165, 1.54) is 12.1 Å². The van der Waals surface area contributed by atoms with Gasteiger partial charge in [0.05, 0.1) is 5.69 Å². The number of hydrogen-bond donors (Lipinski definition) is 3. The normalized spacial score (nSPS) is 10.3. The second kappa shape index (κ2) is 4.79. The summed E-state index contributed by atoms with van der Waals surface area (Å²) in [5.41, 5.74) is 1.23. The smallest absolute Gasteiger partial charge is 0.311 e. The van der Waals surface area contributed by atoms with Gasteiger partial charge in [-0.1, -0.05) is 0 Å². The number of carboxylic acid groups (broad SMARTS) is 1. The summed E-state index contributed by atoms with van der Waals surface area (Å²) in [6.45, 7) is 1.68. The van der Waals surface area contributed by atoms with Crippen LogP contribution in [0.2, 0.25) is 0 Å². The van der Waals surface area contributed by atoms with E-state index in [0.717, 1.165) is 0 Å². The Bertz CT molecular complexity index is 560. The Kier molecular flexibility index (Phi) is 3.18. The second-order valence-corrected chi connectivity index (χ2v) is 3.77. The van der Waals surface area contributed by atoms with Crippen molar-refractivity contribution in [3.05, 3.63) is 35.7 Å². The molecule has 94 valence electrons. The summed E-state index contributed by atoms with van der Waals surface area (Å²) in [5, 5.41) is 20.7. The number of carbonyl (C=O) groups is 1. The Labute approximate surface area is 103 Å². The molecule has 0 aliphatic carbocycles. The molecule has 2 rings (SSSR count). The summed E-state index contributed by atoms with van der Waals surface area (Å²) in [6, 6.07) is 6.60. The summed E-state index contributed by atoms with van der Waals surface area (Å²) in [5.74, 6) is -0.482. The molecule has 1 aromatic carbocycles. The third kappa shape index (κ3) is 2.79. The fourth-order valence-electron chi connectivity index (χ4n) is 1.45. The van der Waals surface area contributed by atoms with Gasteiger partial charge < -0.3 is 19.9 Å². The third-order valence-corrected chi connectivity index (χ3v) is 2.32. The van der Waals surface area contributed by atoms with Gasteiger partial charge in [-0.3, -0.25) is 4.79 Å². The maximum atomic E-state index is 10.6. The predicted molar refractivity (Wildman–Crippen MR) is 64.0 cm³/mol. The number of rotatable bonds is 4. The van der Waals surface area contributed by atoms with E-state index in [-0.39, 0.29) is 18.2 Å². The fourth-order valence-corrected chi connectivity index (χ4v) is 1.45. The highest BCUT2D eigenvalue weighted by Crippen LogP contribution is 2.21. The largest absolute Gasteiger partial charge is 0.508 e. The van der Waals surface area contributed by atoms with Gasteiger partial charge in [-0.25, -0.2) is 0 Å². The van der Waals surface area contributed by atoms with Crippen LogP contribution in [0.5, 0.6) is 5.75 Å². The van der Waals surface area contributed by atoms with Gasteiger partial charge in [-0.2, -0.15) is 4.98 Å². The molecular weight excluding hydrogens is 236 g/mol. The molecule has 6 nitrogen and oxygen atoms in total. The molecule has 6 heteroatoms. The van der Waals surface area contributed by atoms with Crippen molar-refractivity contribution >= 4 is 17.7 Å². The van der Waals surface area contributed by atoms with Crippen molar-refractivity contribution in [1.82, 2.24) is 4.98 Å². The van der Waals surface area contributed by atoms with Crippen molar-refractivity contribution in [1.29, 1.82) is 0 Å². The van der Waals surface area contributed by atoms with E-state index in [4.69, 9.17) is 14.6 Å². The molecule has 0 aliphatic heterocycles. The Morgan fingerprint density at radius 2 is 2.06 bits per heavy atom. The number of aromatic hydroxyl groups is 1. The molecule has 3 N–H and O–H groups in total. The predicted octanol–water partition coefficient (Wildman–Crippen LogP) is 2.06. The molecule has 1 heterocycles. The highest BCUT2D eigenvalue weighted by atomic mass is 16.4. The third-order valence-electron chi connectivity index (χ3n) is 2.32. The van der Waals surface area contributed by atoms with Gasteiger partial charge in [0, 0.05) is 5.69 Å². The Hall–Kier alpha value is -2.50. The zero-order valence-electron chi connectivity index (χ0n) is 9.67. The molecular formula is C12H12N2O4. The summed E-state index contributed by atoms with van der Waals surface area (Å²) < 4.78 is 5.29. The van der Waals surface area contributed by atoms with Crippen LogP contribution < -0.4 is 5.32 Å². The summed E-state index contributed by atoms with van der Waals surface area (Å²) in [7, 11) is 0. The summed E-state index contributed by atoms with van der Waals surface area (Å²) in [6.07, 6.45) is -0.198. The quantitative estimate of drug-likeness (QED) is 0.717. The van der Waals surface area contributed by atoms with Crippen molar-refractivity contribution in [3.8, 4) is 5.75 Å². The molecule has 0 saturated carbocycles. The van der Waals surface area contributed by atoms with Crippen LogP contribution in [0.3, 0.4) is 0 Å². The zero-order valence-corrected chi connectivity index (χ0v) is 9.67. The molecule has 0 aliphatic rings. The van der Waals surface area contributed by atoms with Gasteiger partial charge >= 0.3 is 5.97 Å². The van der Waals surface area contributed by atoms with Crippen molar-refractivity contribution in [3.63, 3.8) is 0 Å². The Morgan fingerprint density at radius 3 is 2.67 bits per heavy atom. The van der Waals surface area contributed by atoms with Crippen LogP contribution in [-0.4, -0.2) is 21.2 Å². The van der Waals surface area contributed by atoms with Crippen LogP contribution in [0.1, 0.15) is 11.5 Å². The van der Waals surface area contributed by atoms with E-state index < -0.39 is 5.97 Å². The lowest BCUT2D eigenvalue weighted by Crippen LogP contribution is -1.99. The maximum absolute atomic E-state index is 10.6. The summed E-state index contributed by atoms with van der Waals surface area (Å²) in [4.78, 5) is 14.7. The number of carboxylic acids is 1. The summed E-state index contributed by atoms with van der Waals surface area (Å²) >= 11 is 0. The van der Waals surface area contributed by atoms with Crippen molar-refractivity contribution < 1.29 is 19.4 Å². The van der Waals surface area contributed by atoms with E-state index in [9.17, 15) is 4.79 Å². The second-order valence-electron chi connectivity index (χ2n) is 3.77. The molecule has 1 aromatic heterocycles. The molecule has 0 radical (unpaired) electrons. The molecule has 18 heavy (non-hydrogen) atoms. The topological polar surface area (TPSA) is 95.6 Å². The lowest BCUT2D eigenvalue weighted by Gasteiger charge is -2.00. The first-order chi connectivity index (χ1) is 8.54. The lowest BCUT2D eigenvalue weighted by atomic mass is 10.3. The van der Waals surface area contributed by atoms with E-state index in [0.29, 0.717) is 17.1 Å².